The molecule has 0 atom stereocenters. The van der Waals surface area contributed by atoms with E-state index in [0.29, 0.717) is 5.92 Å². The van der Waals surface area contributed by atoms with Crippen molar-refractivity contribution < 1.29 is 4.74 Å². The summed E-state index contributed by atoms with van der Waals surface area (Å²) in [6, 6.07) is 22.3. The number of methoxy groups -OCH3 is 1. The second-order valence-electron chi connectivity index (χ2n) is 7.17. The Morgan fingerprint density at radius 3 is 2.08 bits per heavy atom. The lowest BCUT2D eigenvalue weighted by Gasteiger charge is -2.18. The number of benzene rings is 5. The maximum absolute atomic E-state index is 5.85. The van der Waals surface area contributed by atoms with Crippen LogP contribution < -0.4 is 4.74 Å². The molecule has 0 saturated carbocycles. The van der Waals surface area contributed by atoms with Crippen LogP contribution in [0.1, 0.15) is 25.3 Å². The molecule has 0 aromatic heterocycles. The van der Waals surface area contributed by atoms with Crippen molar-refractivity contribution in [2.24, 2.45) is 0 Å². The van der Waals surface area contributed by atoms with E-state index in [2.05, 4.69) is 74.5 Å². The minimum Gasteiger partial charge on any atom is -0.496 e. The largest absolute Gasteiger partial charge is 0.496 e. The Kier molecular flexibility index (Phi) is 2.96. The highest BCUT2D eigenvalue weighted by Crippen LogP contribution is 2.42. The molecule has 122 valence electrons. The summed E-state index contributed by atoms with van der Waals surface area (Å²) in [5.41, 5.74) is 1.27. The number of ether oxygens (including phenoxy) is 1. The van der Waals surface area contributed by atoms with Gasteiger partial charge >= 0.3 is 0 Å². The number of hydrogen-bond acceptors (Lipinski definition) is 1. The summed E-state index contributed by atoms with van der Waals surface area (Å²) in [6.07, 6.45) is 0. The van der Waals surface area contributed by atoms with Gasteiger partial charge in [-0.05, 0) is 55.3 Å². The summed E-state index contributed by atoms with van der Waals surface area (Å²) in [5.74, 6) is 1.45. The zero-order valence-corrected chi connectivity index (χ0v) is 14.8. The van der Waals surface area contributed by atoms with Crippen molar-refractivity contribution in [3.8, 4) is 5.75 Å². The van der Waals surface area contributed by atoms with Gasteiger partial charge in [-0.3, -0.25) is 0 Å². The molecule has 1 heteroatoms. The first-order valence-electron chi connectivity index (χ1n) is 8.86. The van der Waals surface area contributed by atoms with E-state index in [9.17, 15) is 0 Å². The lowest BCUT2D eigenvalue weighted by Crippen LogP contribution is -1.96. The Labute approximate surface area is 147 Å². The van der Waals surface area contributed by atoms with Crippen LogP contribution in [0.3, 0.4) is 0 Å². The SMILES string of the molecule is COc1c(C(C)C)ccc2c1cc1ccc3cccc4ccc2c1c34. The molecule has 25 heavy (non-hydrogen) atoms. The third-order valence-corrected chi connectivity index (χ3v) is 5.45. The van der Waals surface area contributed by atoms with Gasteiger partial charge in [-0.1, -0.05) is 68.4 Å². The highest BCUT2D eigenvalue weighted by atomic mass is 16.5. The fourth-order valence-electron chi connectivity index (χ4n) is 4.29. The Hall–Kier alpha value is -2.80. The second-order valence-corrected chi connectivity index (χ2v) is 7.17. The van der Waals surface area contributed by atoms with E-state index in [1.54, 1.807) is 7.11 Å². The van der Waals surface area contributed by atoms with E-state index < -0.39 is 0 Å². The van der Waals surface area contributed by atoms with Gasteiger partial charge in [0.05, 0.1) is 7.11 Å². The van der Waals surface area contributed by atoms with Crippen LogP contribution in [-0.4, -0.2) is 7.11 Å². The van der Waals surface area contributed by atoms with Crippen LogP contribution in [0.2, 0.25) is 0 Å². The second kappa shape index (κ2) is 5.10. The van der Waals surface area contributed by atoms with Crippen molar-refractivity contribution >= 4 is 43.1 Å². The third-order valence-electron chi connectivity index (χ3n) is 5.45. The fourth-order valence-corrected chi connectivity index (χ4v) is 4.29. The molecule has 5 aromatic rings. The number of rotatable bonds is 2. The van der Waals surface area contributed by atoms with Crippen molar-refractivity contribution in [1.82, 2.24) is 0 Å². The molecule has 0 N–H and O–H groups in total. The van der Waals surface area contributed by atoms with Gasteiger partial charge in [0.15, 0.2) is 0 Å². The molecule has 5 rings (SSSR count). The lowest BCUT2D eigenvalue weighted by molar-refractivity contribution is 0.413. The Bertz CT molecular complexity index is 1230. The highest BCUT2D eigenvalue weighted by Gasteiger charge is 2.16. The molecular weight excluding hydrogens is 304 g/mol. The van der Waals surface area contributed by atoms with Gasteiger partial charge in [0, 0.05) is 5.39 Å². The van der Waals surface area contributed by atoms with Crippen LogP contribution in [0, 0.1) is 0 Å². The zero-order valence-electron chi connectivity index (χ0n) is 14.8. The van der Waals surface area contributed by atoms with Crippen molar-refractivity contribution in [3.05, 3.63) is 66.2 Å². The molecule has 0 saturated heterocycles. The monoisotopic (exact) mass is 324 g/mol. The van der Waals surface area contributed by atoms with Gasteiger partial charge < -0.3 is 4.74 Å². The van der Waals surface area contributed by atoms with E-state index in [1.165, 1.54) is 48.7 Å². The molecule has 5 aromatic carbocycles. The first-order chi connectivity index (χ1) is 12.2. The molecule has 0 fully saturated rings. The lowest BCUT2D eigenvalue weighted by atomic mass is 9.89. The predicted octanol–water partition coefficient (Wildman–Crippen LogP) is 6.87. The van der Waals surface area contributed by atoms with E-state index in [0.717, 1.165) is 5.75 Å². The first kappa shape index (κ1) is 14.5. The molecule has 0 amide bonds. The summed E-state index contributed by atoms with van der Waals surface area (Å²) in [4.78, 5) is 0. The van der Waals surface area contributed by atoms with Crippen LogP contribution in [-0.2, 0) is 0 Å². The van der Waals surface area contributed by atoms with Gasteiger partial charge in [0.1, 0.15) is 5.75 Å². The normalized spacial score (nSPS) is 12.2. The molecule has 0 spiro atoms. The smallest absolute Gasteiger partial charge is 0.130 e. The summed E-state index contributed by atoms with van der Waals surface area (Å²) in [6.45, 7) is 4.43. The van der Waals surface area contributed by atoms with E-state index >= 15 is 0 Å². The van der Waals surface area contributed by atoms with Crippen LogP contribution >= 0.6 is 0 Å². The van der Waals surface area contributed by atoms with Gasteiger partial charge in [-0.2, -0.15) is 0 Å². The van der Waals surface area contributed by atoms with E-state index in [4.69, 9.17) is 4.74 Å². The topological polar surface area (TPSA) is 9.23 Å². The van der Waals surface area contributed by atoms with Crippen molar-refractivity contribution in [2.75, 3.05) is 7.11 Å². The Morgan fingerprint density at radius 1 is 0.680 bits per heavy atom. The number of fused-ring (bicyclic) bond motifs is 2. The average Bonchev–Trinajstić information content (AvgIpc) is 2.64. The van der Waals surface area contributed by atoms with Crippen LogP contribution in [0.25, 0.3) is 43.1 Å². The maximum Gasteiger partial charge on any atom is 0.130 e. The summed E-state index contributed by atoms with van der Waals surface area (Å²) >= 11 is 0. The van der Waals surface area contributed by atoms with Crippen LogP contribution in [0.15, 0.2) is 60.7 Å². The highest BCUT2D eigenvalue weighted by molar-refractivity contribution is 6.29. The van der Waals surface area contributed by atoms with Gasteiger partial charge in [-0.25, -0.2) is 0 Å². The minimum absolute atomic E-state index is 0.435. The van der Waals surface area contributed by atoms with Gasteiger partial charge in [-0.15, -0.1) is 0 Å². The van der Waals surface area contributed by atoms with Crippen molar-refractivity contribution in [3.63, 3.8) is 0 Å². The molecule has 0 radical (unpaired) electrons. The van der Waals surface area contributed by atoms with E-state index in [1.807, 2.05) is 0 Å². The fraction of sp³-hybridized carbons (Fsp3) is 0.167. The summed E-state index contributed by atoms with van der Waals surface area (Å²) in [5, 5.41) is 10.4. The molecule has 0 aliphatic rings. The summed E-state index contributed by atoms with van der Waals surface area (Å²) < 4.78 is 5.85. The molecular formula is C24H20O. The van der Waals surface area contributed by atoms with Crippen LogP contribution in [0.5, 0.6) is 5.75 Å². The van der Waals surface area contributed by atoms with E-state index in [-0.39, 0.29) is 0 Å². The quantitative estimate of drug-likeness (QED) is 0.254. The Morgan fingerprint density at radius 2 is 1.36 bits per heavy atom. The van der Waals surface area contributed by atoms with Gasteiger partial charge in [0.2, 0.25) is 0 Å². The third kappa shape index (κ3) is 1.90. The standard InChI is InChI=1S/C24H20O/c1-14(2)18-11-12-19-20-10-9-16-6-4-5-15-7-8-17(23(20)22(15)16)13-21(19)24(18)25-3/h4-14H,1-3H3. The molecule has 0 unspecified atom stereocenters. The maximum atomic E-state index is 5.85. The Balaban J connectivity index is 2.06. The summed E-state index contributed by atoms with van der Waals surface area (Å²) in [7, 11) is 1.78. The van der Waals surface area contributed by atoms with Crippen molar-refractivity contribution in [2.45, 2.75) is 19.8 Å². The van der Waals surface area contributed by atoms with Crippen molar-refractivity contribution in [1.29, 1.82) is 0 Å². The predicted molar refractivity (Wildman–Crippen MR) is 108 cm³/mol. The molecule has 0 heterocycles. The zero-order chi connectivity index (χ0) is 17.1. The van der Waals surface area contributed by atoms with Crippen LogP contribution in [0.4, 0.5) is 0 Å². The molecule has 1 nitrogen and oxygen atoms in total. The average molecular weight is 324 g/mol. The number of hydrogen-bond donors (Lipinski definition) is 0. The first-order valence-corrected chi connectivity index (χ1v) is 8.86. The minimum atomic E-state index is 0.435. The molecule has 0 aliphatic heterocycles. The molecule has 0 aliphatic carbocycles. The molecule has 0 bridgehead atoms. The van der Waals surface area contributed by atoms with Gasteiger partial charge in [0.25, 0.3) is 0 Å².